The first-order valence-corrected chi connectivity index (χ1v) is 8.52. The van der Waals surface area contributed by atoms with E-state index in [4.69, 9.17) is 4.74 Å². The molecule has 0 spiro atoms. The number of carbonyl (C=O) groups is 1. The van der Waals surface area contributed by atoms with E-state index in [1.54, 1.807) is 4.90 Å². The van der Waals surface area contributed by atoms with Crippen molar-refractivity contribution in [2.45, 2.75) is 13.3 Å². The third-order valence-corrected chi connectivity index (χ3v) is 4.90. The van der Waals surface area contributed by atoms with Crippen molar-refractivity contribution in [1.29, 1.82) is 0 Å². The summed E-state index contributed by atoms with van der Waals surface area (Å²) in [6.07, 6.45) is 0.298. The van der Waals surface area contributed by atoms with Crippen molar-refractivity contribution < 1.29 is 17.9 Å². The average molecular weight is 297 g/mol. The topological polar surface area (TPSA) is 63.7 Å². The molecule has 0 radical (unpaired) electrons. The van der Waals surface area contributed by atoms with Gasteiger partial charge in [-0.2, -0.15) is 0 Å². The first-order chi connectivity index (χ1) is 9.50. The quantitative estimate of drug-likeness (QED) is 0.828. The van der Waals surface area contributed by atoms with Gasteiger partial charge in [-0.3, -0.25) is 4.79 Å². The van der Waals surface area contributed by atoms with Gasteiger partial charge in [0.1, 0.15) is 5.75 Å². The summed E-state index contributed by atoms with van der Waals surface area (Å²) < 4.78 is 28.0. The molecule has 1 heterocycles. The van der Waals surface area contributed by atoms with E-state index >= 15 is 0 Å². The number of sulfone groups is 1. The second-order valence-electron chi connectivity index (χ2n) is 4.79. The van der Waals surface area contributed by atoms with Gasteiger partial charge in [0.15, 0.2) is 9.84 Å². The largest absolute Gasteiger partial charge is 0.494 e. The van der Waals surface area contributed by atoms with E-state index in [0.717, 1.165) is 11.3 Å². The summed E-state index contributed by atoms with van der Waals surface area (Å²) in [5.74, 6) is 0.904. The van der Waals surface area contributed by atoms with Gasteiger partial charge in [-0.1, -0.05) is 12.1 Å². The first kappa shape index (κ1) is 14.8. The van der Waals surface area contributed by atoms with Crippen molar-refractivity contribution in [2.24, 2.45) is 0 Å². The lowest BCUT2D eigenvalue weighted by Crippen LogP contribution is -2.44. The van der Waals surface area contributed by atoms with Gasteiger partial charge in [0, 0.05) is 13.1 Å². The summed E-state index contributed by atoms with van der Waals surface area (Å²) in [5.41, 5.74) is 0.909. The van der Waals surface area contributed by atoms with Crippen LogP contribution in [0.3, 0.4) is 0 Å². The fourth-order valence-electron chi connectivity index (χ4n) is 2.12. The highest BCUT2D eigenvalue weighted by molar-refractivity contribution is 7.91. The normalized spacial score (nSPS) is 17.8. The van der Waals surface area contributed by atoms with E-state index < -0.39 is 9.84 Å². The number of hydrogen-bond acceptors (Lipinski definition) is 4. The number of amides is 1. The summed E-state index contributed by atoms with van der Waals surface area (Å²) in [5, 5.41) is 0. The van der Waals surface area contributed by atoms with Crippen LogP contribution in [0.1, 0.15) is 12.5 Å². The Morgan fingerprint density at radius 2 is 1.80 bits per heavy atom. The van der Waals surface area contributed by atoms with Crippen LogP contribution in [0.5, 0.6) is 5.75 Å². The molecule has 0 unspecified atom stereocenters. The van der Waals surface area contributed by atoms with Gasteiger partial charge in [0.25, 0.3) is 0 Å². The molecule has 2 rings (SSSR count). The predicted molar refractivity (Wildman–Crippen MR) is 76.5 cm³/mol. The summed E-state index contributed by atoms with van der Waals surface area (Å²) in [6, 6.07) is 7.41. The zero-order valence-electron chi connectivity index (χ0n) is 11.5. The van der Waals surface area contributed by atoms with Crippen molar-refractivity contribution >= 4 is 15.7 Å². The zero-order valence-corrected chi connectivity index (χ0v) is 12.4. The zero-order chi connectivity index (χ0) is 14.6. The fraction of sp³-hybridized carbons (Fsp3) is 0.500. The summed E-state index contributed by atoms with van der Waals surface area (Å²) in [6.45, 7) is 3.14. The van der Waals surface area contributed by atoms with Crippen LogP contribution in [0.2, 0.25) is 0 Å². The third-order valence-electron chi connectivity index (χ3n) is 3.29. The van der Waals surface area contributed by atoms with E-state index in [0.29, 0.717) is 26.1 Å². The molecular formula is C14H19NO4S. The van der Waals surface area contributed by atoms with Crippen LogP contribution in [-0.4, -0.2) is 50.4 Å². The minimum atomic E-state index is -2.94. The van der Waals surface area contributed by atoms with Crippen molar-refractivity contribution in [3.05, 3.63) is 29.8 Å². The molecule has 0 atom stereocenters. The van der Waals surface area contributed by atoms with E-state index in [1.807, 2.05) is 31.2 Å². The van der Waals surface area contributed by atoms with Crippen LogP contribution < -0.4 is 4.74 Å². The number of carbonyl (C=O) groups excluding carboxylic acids is 1. The number of nitrogens with zero attached hydrogens (tertiary/aromatic N) is 1. The van der Waals surface area contributed by atoms with Gasteiger partial charge < -0.3 is 9.64 Å². The minimum absolute atomic E-state index is 0.0240. The maximum atomic E-state index is 12.1. The lowest BCUT2D eigenvalue weighted by atomic mass is 10.1. The van der Waals surface area contributed by atoms with Gasteiger partial charge in [-0.05, 0) is 24.6 Å². The fourth-order valence-corrected chi connectivity index (χ4v) is 3.32. The maximum absolute atomic E-state index is 12.1. The monoisotopic (exact) mass is 297 g/mol. The molecule has 1 aromatic carbocycles. The molecule has 20 heavy (non-hydrogen) atoms. The minimum Gasteiger partial charge on any atom is -0.494 e. The van der Waals surface area contributed by atoms with E-state index in [1.165, 1.54) is 0 Å². The summed E-state index contributed by atoms with van der Waals surface area (Å²) in [4.78, 5) is 13.7. The van der Waals surface area contributed by atoms with Crippen molar-refractivity contribution in [3.8, 4) is 5.75 Å². The maximum Gasteiger partial charge on any atom is 0.227 e. The Labute approximate surface area is 119 Å². The molecule has 1 aliphatic heterocycles. The standard InChI is InChI=1S/C14H19NO4S/c1-2-19-13-5-3-12(4-6-13)11-14(16)15-7-9-20(17,18)10-8-15/h3-6H,2,7-11H2,1H3. The Morgan fingerprint density at radius 3 is 2.35 bits per heavy atom. The smallest absolute Gasteiger partial charge is 0.227 e. The van der Waals surface area contributed by atoms with Crippen LogP contribution in [0, 0.1) is 0 Å². The highest BCUT2D eigenvalue weighted by Gasteiger charge is 2.24. The van der Waals surface area contributed by atoms with Gasteiger partial charge in [0.05, 0.1) is 24.5 Å². The molecule has 1 aliphatic rings. The molecule has 0 N–H and O–H groups in total. The molecular weight excluding hydrogens is 278 g/mol. The summed E-state index contributed by atoms with van der Waals surface area (Å²) >= 11 is 0. The van der Waals surface area contributed by atoms with E-state index in [9.17, 15) is 13.2 Å². The highest BCUT2D eigenvalue weighted by Crippen LogP contribution is 2.14. The Kier molecular flexibility index (Phi) is 4.65. The second kappa shape index (κ2) is 6.26. The molecule has 1 aromatic rings. The van der Waals surface area contributed by atoms with Crippen LogP contribution in [-0.2, 0) is 21.1 Å². The van der Waals surface area contributed by atoms with Gasteiger partial charge in [-0.25, -0.2) is 8.42 Å². The molecule has 0 bridgehead atoms. The molecule has 1 fully saturated rings. The van der Waals surface area contributed by atoms with Gasteiger partial charge in [-0.15, -0.1) is 0 Å². The number of rotatable bonds is 4. The van der Waals surface area contributed by atoms with Crippen molar-refractivity contribution in [2.75, 3.05) is 31.2 Å². The van der Waals surface area contributed by atoms with Gasteiger partial charge >= 0.3 is 0 Å². The molecule has 110 valence electrons. The Morgan fingerprint density at radius 1 is 1.20 bits per heavy atom. The Balaban J connectivity index is 1.91. The number of ether oxygens (including phenoxy) is 1. The van der Waals surface area contributed by atoms with Gasteiger partial charge in [0.2, 0.25) is 5.91 Å². The molecule has 1 saturated heterocycles. The number of benzene rings is 1. The SMILES string of the molecule is CCOc1ccc(CC(=O)N2CCS(=O)(=O)CC2)cc1. The molecule has 6 heteroatoms. The van der Waals surface area contributed by atoms with Crippen molar-refractivity contribution in [1.82, 2.24) is 4.90 Å². The van der Waals surface area contributed by atoms with Crippen LogP contribution in [0.4, 0.5) is 0 Å². The molecule has 1 amide bonds. The van der Waals surface area contributed by atoms with E-state index in [-0.39, 0.29) is 17.4 Å². The predicted octanol–water partition coefficient (Wildman–Crippen LogP) is 0.885. The molecule has 5 nitrogen and oxygen atoms in total. The van der Waals surface area contributed by atoms with Crippen LogP contribution >= 0.6 is 0 Å². The average Bonchev–Trinajstić information content (AvgIpc) is 2.41. The Hall–Kier alpha value is -1.56. The molecule has 0 aliphatic carbocycles. The summed E-state index contributed by atoms with van der Waals surface area (Å²) in [7, 11) is -2.94. The third kappa shape index (κ3) is 3.96. The van der Waals surface area contributed by atoms with Crippen LogP contribution in [0.25, 0.3) is 0 Å². The molecule has 0 saturated carbocycles. The Bertz CT molecular complexity index is 551. The highest BCUT2D eigenvalue weighted by atomic mass is 32.2. The second-order valence-corrected chi connectivity index (χ2v) is 7.09. The van der Waals surface area contributed by atoms with E-state index in [2.05, 4.69) is 0 Å². The number of hydrogen-bond donors (Lipinski definition) is 0. The first-order valence-electron chi connectivity index (χ1n) is 6.70. The lowest BCUT2D eigenvalue weighted by molar-refractivity contribution is -0.130. The lowest BCUT2D eigenvalue weighted by Gasteiger charge is -2.26. The van der Waals surface area contributed by atoms with Crippen molar-refractivity contribution in [3.63, 3.8) is 0 Å². The van der Waals surface area contributed by atoms with Crippen LogP contribution in [0.15, 0.2) is 24.3 Å². The molecule has 0 aromatic heterocycles.